The Hall–Kier alpha value is -3.15. The first-order chi connectivity index (χ1) is 12.3. The first kappa shape index (κ1) is 17.7. The quantitative estimate of drug-likeness (QED) is 0.786. The van der Waals surface area contributed by atoms with E-state index < -0.39 is 0 Å². The third-order valence-corrected chi connectivity index (χ3v) is 4.37. The van der Waals surface area contributed by atoms with Crippen LogP contribution in [0.15, 0.2) is 42.7 Å². The van der Waals surface area contributed by atoms with Crippen molar-refractivity contribution in [3.8, 4) is 0 Å². The lowest BCUT2D eigenvalue weighted by Crippen LogP contribution is -2.22. The van der Waals surface area contributed by atoms with Crippen LogP contribution >= 0.6 is 0 Å². The van der Waals surface area contributed by atoms with E-state index in [-0.39, 0.29) is 18.4 Å². The zero-order chi connectivity index (χ0) is 18.8. The SMILES string of the molecule is Cc1cc2ncn(CC(=O)Nc3ccc(C(=O)N(C)C)cc3)c2cc1C. The third kappa shape index (κ3) is 3.59. The molecule has 0 spiro atoms. The molecule has 0 bridgehead atoms. The summed E-state index contributed by atoms with van der Waals surface area (Å²) in [5.41, 5.74) is 5.41. The average molecular weight is 350 g/mol. The number of nitrogens with zero attached hydrogens (tertiary/aromatic N) is 3. The van der Waals surface area contributed by atoms with Crippen molar-refractivity contribution in [3.05, 3.63) is 59.4 Å². The van der Waals surface area contributed by atoms with Gasteiger partial charge in [-0.15, -0.1) is 0 Å². The molecular formula is C20H22N4O2. The molecule has 1 aromatic heterocycles. The van der Waals surface area contributed by atoms with E-state index in [1.54, 1.807) is 44.7 Å². The number of benzene rings is 2. The van der Waals surface area contributed by atoms with E-state index in [0.717, 1.165) is 11.0 Å². The van der Waals surface area contributed by atoms with Crippen LogP contribution < -0.4 is 5.32 Å². The van der Waals surface area contributed by atoms with Crippen LogP contribution in [0.1, 0.15) is 21.5 Å². The van der Waals surface area contributed by atoms with Gasteiger partial charge in [-0.2, -0.15) is 0 Å². The lowest BCUT2D eigenvalue weighted by Gasteiger charge is -2.11. The third-order valence-electron chi connectivity index (χ3n) is 4.37. The number of carbonyl (C=O) groups is 2. The van der Waals surface area contributed by atoms with Crippen molar-refractivity contribution < 1.29 is 9.59 Å². The second kappa shape index (κ2) is 7.00. The maximum atomic E-state index is 12.4. The van der Waals surface area contributed by atoms with Crippen LogP contribution in [-0.2, 0) is 11.3 Å². The van der Waals surface area contributed by atoms with Gasteiger partial charge in [-0.1, -0.05) is 0 Å². The Morgan fingerprint density at radius 2 is 1.73 bits per heavy atom. The number of carbonyl (C=O) groups excluding carboxylic acids is 2. The summed E-state index contributed by atoms with van der Waals surface area (Å²) in [7, 11) is 3.41. The Balaban J connectivity index is 1.71. The highest BCUT2D eigenvalue weighted by Gasteiger charge is 2.11. The van der Waals surface area contributed by atoms with Crippen molar-refractivity contribution in [1.29, 1.82) is 0 Å². The van der Waals surface area contributed by atoms with Gasteiger partial charge >= 0.3 is 0 Å². The maximum Gasteiger partial charge on any atom is 0.253 e. The lowest BCUT2D eigenvalue weighted by atomic mass is 10.1. The van der Waals surface area contributed by atoms with E-state index in [1.807, 2.05) is 30.5 Å². The molecule has 6 nitrogen and oxygen atoms in total. The van der Waals surface area contributed by atoms with Gasteiger partial charge in [0.05, 0.1) is 17.4 Å². The molecule has 3 aromatic rings. The number of nitrogens with one attached hydrogen (secondary N) is 1. The molecule has 1 heterocycles. The highest BCUT2D eigenvalue weighted by Crippen LogP contribution is 2.18. The molecule has 0 unspecified atom stereocenters. The number of amides is 2. The zero-order valence-corrected chi connectivity index (χ0v) is 15.4. The Kier molecular flexibility index (Phi) is 4.75. The van der Waals surface area contributed by atoms with Gasteiger partial charge in [-0.05, 0) is 61.4 Å². The minimum atomic E-state index is -0.144. The van der Waals surface area contributed by atoms with Gasteiger partial charge in [-0.3, -0.25) is 9.59 Å². The van der Waals surface area contributed by atoms with E-state index >= 15 is 0 Å². The fraction of sp³-hybridized carbons (Fsp3) is 0.250. The molecule has 134 valence electrons. The molecule has 0 fully saturated rings. The molecule has 0 saturated heterocycles. The molecule has 3 rings (SSSR count). The number of anilines is 1. The van der Waals surface area contributed by atoms with Crippen molar-refractivity contribution in [2.24, 2.45) is 0 Å². The maximum absolute atomic E-state index is 12.4. The normalized spacial score (nSPS) is 10.8. The molecule has 0 aliphatic carbocycles. The molecule has 6 heteroatoms. The molecule has 0 radical (unpaired) electrons. The Morgan fingerprint density at radius 3 is 2.38 bits per heavy atom. The van der Waals surface area contributed by atoms with Gasteiger partial charge in [0, 0.05) is 25.3 Å². The standard InChI is InChI=1S/C20H22N4O2/c1-13-9-17-18(10-14(13)2)24(12-21-17)11-19(25)22-16-7-5-15(6-8-16)20(26)23(3)4/h5-10,12H,11H2,1-4H3,(H,22,25). The summed E-state index contributed by atoms with van der Waals surface area (Å²) in [6.45, 7) is 4.27. The van der Waals surface area contributed by atoms with Crippen LogP contribution in [0.3, 0.4) is 0 Å². The largest absolute Gasteiger partial charge is 0.345 e. The fourth-order valence-electron chi connectivity index (χ4n) is 2.75. The summed E-state index contributed by atoms with van der Waals surface area (Å²) in [6.07, 6.45) is 1.68. The summed E-state index contributed by atoms with van der Waals surface area (Å²) in [5.74, 6) is -0.215. The van der Waals surface area contributed by atoms with Crippen molar-refractivity contribution in [3.63, 3.8) is 0 Å². The average Bonchev–Trinajstić information content (AvgIpc) is 2.97. The molecule has 2 amide bonds. The Bertz CT molecular complexity index is 971. The van der Waals surface area contributed by atoms with Gasteiger partial charge in [-0.25, -0.2) is 4.98 Å². The number of hydrogen-bond donors (Lipinski definition) is 1. The van der Waals surface area contributed by atoms with Gasteiger partial charge in [0.1, 0.15) is 6.54 Å². The van der Waals surface area contributed by atoms with Gasteiger partial charge in [0.25, 0.3) is 5.91 Å². The first-order valence-electron chi connectivity index (χ1n) is 8.39. The summed E-state index contributed by atoms with van der Waals surface area (Å²) < 4.78 is 1.83. The summed E-state index contributed by atoms with van der Waals surface area (Å²) in [4.78, 5) is 30.1. The predicted molar refractivity (Wildman–Crippen MR) is 102 cm³/mol. The molecule has 2 aromatic carbocycles. The van der Waals surface area contributed by atoms with Crippen LogP contribution in [-0.4, -0.2) is 40.4 Å². The second-order valence-electron chi connectivity index (χ2n) is 6.62. The monoisotopic (exact) mass is 350 g/mol. The molecule has 0 aliphatic heterocycles. The summed E-state index contributed by atoms with van der Waals surface area (Å²) >= 11 is 0. The van der Waals surface area contributed by atoms with Crippen LogP contribution in [0, 0.1) is 13.8 Å². The van der Waals surface area contributed by atoms with Crippen LogP contribution in [0.4, 0.5) is 5.69 Å². The Morgan fingerprint density at radius 1 is 1.08 bits per heavy atom. The number of fused-ring (bicyclic) bond motifs is 1. The highest BCUT2D eigenvalue weighted by atomic mass is 16.2. The van der Waals surface area contributed by atoms with Crippen molar-refractivity contribution >= 4 is 28.5 Å². The van der Waals surface area contributed by atoms with Crippen LogP contribution in [0.2, 0.25) is 0 Å². The van der Waals surface area contributed by atoms with E-state index in [1.165, 1.54) is 16.0 Å². The Labute approximate surface area is 152 Å². The molecule has 0 aliphatic rings. The smallest absolute Gasteiger partial charge is 0.253 e. The van der Waals surface area contributed by atoms with Crippen molar-refractivity contribution in [2.45, 2.75) is 20.4 Å². The van der Waals surface area contributed by atoms with Gasteiger partial charge < -0.3 is 14.8 Å². The summed E-state index contributed by atoms with van der Waals surface area (Å²) in [5, 5.41) is 2.85. The van der Waals surface area contributed by atoms with E-state index in [9.17, 15) is 9.59 Å². The van der Waals surface area contributed by atoms with Gasteiger partial charge in [0.2, 0.25) is 5.91 Å². The predicted octanol–water partition coefficient (Wildman–Crippen LogP) is 2.99. The number of imidazole rings is 1. The van der Waals surface area contributed by atoms with E-state index in [4.69, 9.17) is 0 Å². The number of hydrogen-bond acceptors (Lipinski definition) is 3. The van der Waals surface area contributed by atoms with Crippen molar-refractivity contribution in [1.82, 2.24) is 14.5 Å². The minimum absolute atomic E-state index is 0.0709. The van der Waals surface area contributed by atoms with Crippen LogP contribution in [0.25, 0.3) is 11.0 Å². The minimum Gasteiger partial charge on any atom is -0.345 e. The lowest BCUT2D eigenvalue weighted by molar-refractivity contribution is -0.116. The molecule has 0 atom stereocenters. The van der Waals surface area contributed by atoms with Crippen molar-refractivity contribution in [2.75, 3.05) is 19.4 Å². The fourth-order valence-corrected chi connectivity index (χ4v) is 2.75. The van der Waals surface area contributed by atoms with E-state index in [0.29, 0.717) is 11.3 Å². The van der Waals surface area contributed by atoms with E-state index in [2.05, 4.69) is 10.3 Å². The molecule has 0 saturated carbocycles. The molecule has 1 N–H and O–H groups in total. The molecular weight excluding hydrogens is 328 g/mol. The number of rotatable bonds is 4. The van der Waals surface area contributed by atoms with Crippen LogP contribution in [0.5, 0.6) is 0 Å². The highest BCUT2D eigenvalue weighted by molar-refractivity contribution is 5.95. The number of aromatic nitrogens is 2. The topological polar surface area (TPSA) is 67.2 Å². The zero-order valence-electron chi connectivity index (χ0n) is 15.4. The number of aryl methyl sites for hydroxylation is 2. The summed E-state index contributed by atoms with van der Waals surface area (Å²) in [6, 6.07) is 10.9. The second-order valence-corrected chi connectivity index (χ2v) is 6.62. The first-order valence-corrected chi connectivity index (χ1v) is 8.39. The van der Waals surface area contributed by atoms with Gasteiger partial charge in [0.15, 0.2) is 0 Å². The molecule has 26 heavy (non-hydrogen) atoms.